The molecule has 2 aromatic heterocycles. The van der Waals surface area contributed by atoms with E-state index in [0.717, 1.165) is 0 Å². The molecule has 2 aromatic rings. The van der Waals surface area contributed by atoms with E-state index in [-0.39, 0.29) is 0 Å². The lowest BCUT2D eigenvalue weighted by Crippen LogP contribution is -2.23. The van der Waals surface area contributed by atoms with Gasteiger partial charge in [0.2, 0.25) is 0 Å². The van der Waals surface area contributed by atoms with E-state index in [0.29, 0.717) is 9.98 Å². The molecule has 0 saturated heterocycles. The molecule has 0 unspecified atom stereocenters. The van der Waals surface area contributed by atoms with Gasteiger partial charge in [0.1, 0.15) is 9.98 Å². The van der Waals surface area contributed by atoms with Crippen LogP contribution in [0.2, 0.25) is 0 Å². The highest BCUT2D eigenvalue weighted by Crippen LogP contribution is 1.96. The molecule has 0 saturated carbocycles. The maximum absolute atomic E-state index is 5.18. The van der Waals surface area contributed by atoms with E-state index in [2.05, 4.69) is 9.97 Å². The molecule has 0 atom stereocenters. The quantitative estimate of drug-likeness (QED) is 0.626. The molecule has 0 aliphatic carbocycles. The zero-order chi connectivity index (χ0) is 9.97. The van der Waals surface area contributed by atoms with Crippen molar-refractivity contribution in [3.8, 4) is 0 Å². The van der Waals surface area contributed by atoms with Gasteiger partial charge in [0, 0.05) is 24.8 Å². The lowest BCUT2D eigenvalue weighted by molar-refractivity contribution is 1.13. The summed E-state index contributed by atoms with van der Waals surface area (Å²) in [5.74, 6) is 0. The lowest BCUT2D eigenvalue weighted by atomic mass is 10.6. The van der Waals surface area contributed by atoms with Crippen LogP contribution in [0.1, 0.15) is 0 Å². The van der Waals surface area contributed by atoms with Gasteiger partial charge < -0.3 is 0 Å². The van der Waals surface area contributed by atoms with E-state index in [1.807, 2.05) is 0 Å². The Labute approximate surface area is 91.2 Å². The molecule has 2 heterocycles. The predicted octanol–water partition coefficient (Wildman–Crippen LogP) is 1.13. The SMILES string of the molecule is S=C(C(=S)n1ccnc1)n1ccnc1. The number of imidazole rings is 2. The maximum Gasteiger partial charge on any atom is 0.146 e. The van der Waals surface area contributed by atoms with E-state index in [4.69, 9.17) is 24.4 Å². The summed E-state index contributed by atoms with van der Waals surface area (Å²) in [7, 11) is 0. The summed E-state index contributed by atoms with van der Waals surface area (Å²) in [6.45, 7) is 0. The summed E-state index contributed by atoms with van der Waals surface area (Å²) in [4.78, 5) is 8.87. The Morgan fingerprint density at radius 2 is 1.29 bits per heavy atom. The van der Waals surface area contributed by atoms with Crippen molar-refractivity contribution in [3.63, 3.8) is 0 Å². The van der Waals surface area contributed by atoms with E-state index in [1.165, 1.54) is 0 Å². The Kier molecular flexibility index (Phi) is 2.47. The van der Waals surface area contributed by atoms with E-state index < -0.39 is 0 Å². The van der Waals surface area contributed by atoms with E-state index >= 15 is 0 Å². The summed E-state index contributed by atoms with van der Waals surface area (Å²) in [6.07, 6.45) is 10.1. The van der Waals surface area contributed by atoms with Crippen molar-refractivity contribution in [2.75, 3.05) is 0 Å². The first-order valence-corrected chi connectivity index (χ1v) is 4.65. The van der Waals surface area contributed by atoms with Crippen molar-refractivity contribution >= 4 is 34.4 Å². The second kappa shape index (κ2) is 3.77. The fourth-order valence-electron chi connectivity index (χ4n) is 0.979. The van der Waals surface area contributed by atoms with Crippen LogP contribution in [0, 0.1) is 0 Å². The maximum atomic E-state index is 5.18. The zero-order valence-corrected chi connectivity index (χ0v) is 8.70. The molecule has 0 amide bonds. The first kappa shape index (κ1) is 9.17. The normalized spacial score (nSPS) is 10.0. The highest BCUT2D eigenvalue weighted by molar-refractivity contribution is 7.89. The van der Waals surface area contributed by atoms with Gasteiger partial charge in [0.05, 0.1) is 12.7 Å². The number of rotatable bonds is 0. The minimum Gasteiger partial charge on any atom is -0.294 e. The summed E-state index contributed by atoms with van der Waals surface area (Å²) in [5.41, 5.74) is 0. The van der Waals surface area contributed by atoms with E-state index in [1.54, 1.807) is 46.6 Å². The first-order valence-electron chi connectivity index (χ1n) is 3.84. The summed E-state index contributed by atoms with van der Waals surface area (Å²) < 4.78 is 3.38. The highest BCUT2D eigenvalue weighted by Gasteiger charge is 2.07. The topological polar surface area (TPSA) is 35.6 Å². The van der Waals surface area contributed by atoms with Crippen molar-refractivity contribution in [1.82, 2.24) is 19.1 Å². The van der Waals surface area contributed by atoms with Gasteiger partial charge in [-0.2, -0.15) is 0 Å². The molecule has 2 rings (SSSR count). The molecule has 14 heavy (non-hydrogen) atoms. The molecule has 70 valence electrons. The van der Waals surface area contributed by atoms with Crippen LogP contribution >= 0.6 is 24.4 Å². The van der Waals surface area contributed by atoms with Gasteiger partial charge in [-0.25, -0.2) is 9.97 Å². The van der Waals surface area contributed by atoms with Crippen LogP contribution in [0.4, 0.5) is 0 Å². The van der Waals surface area contributed by atoms with Crippen LogP contribution in [0.25, 0.3) is 0 Å². The third kappa shape index (κ3) is 1.61. The van der Waals surface area contributed by atoms with Crippen molar-refractivity contribution in [1.29, 1.82) is 0 Å². The van der Waals surface area contributed by atoms with Crippen molar-refractivity contribution in [2.24, 2.45) is 0 Å². The third-order valence-electron chi connectivity index (χ3n) is 1.66. The van der Waals surface area contributed by atoms with Gasteiger partial charge in [0.25, 0.3) is 0 Å². The number of hydrogen-bond donors (Lipinski definition) is 0. The Morgan fingerprint density at radius 1 is 0.857 bits per heavy atom. The van der Waals surface area contributed by atoms with Crippen molar-refractivity contribution in [2.45, 2.75) is 0 Å². The van der Waals surface area contributed by atoms with Gasteiger partial charge in [-0.15, -0.1) is 0 Å². The molecule has 0 radical (unpaired) electrons. The number of hydrogen-bond acceptors (Lipinski definition) is 4. The molecule has 0 bridgehead atoms. The molecule has 0 aliphatic rings. The fourth-order valence-corrected chi connectivity index (χ4v) is 1.41. The number of aromatic nitrogens is 4. The van der Waals surface area contributed by atoms with Crippen LogP contribution in [0.5, 0.6) is 0 Å². The average molecular weight is 222 g/mol. The smallest absolute Gasteiger partial charge is 0.146 e. The van der Waals surface area contributed by atoms with Crippen LogP contribution in [0.3, 0.4) is 0 Å². The number of thiocarbonyl (C=S) groups is 2. The molecule has 0 N–H and O–H groups in total. The average Bonchev–Trinajstić information content (AvgIpc) is 2.87. The molecule has 0 spiro atoms. The molecular formula is C8H6N4S2. The summed E-state index contributed by atoms with van der Waals surface area (Å²) in [6, 6.07) is 0. The summed E-state index contributed by atoms with van der Waals surface area (Å²) >= 11 is 10.4. The van der Waals surface area contributed by atoms with Crippen LogP contribution < -0.4 is 0 Å². The zero-order valence-electron chi connectivity index (χ0n) is 7.07. The molecule has 0 fully saturated rings. The van der Waals surface area contributed by atoms with Gasteiger partial charge in [-0.3, -0.25) is 9.13 Å². The lowest BCUT2D eigenvalue weighted by Gasteiger charge is -2.05. The Morgan fingerprint density at radius 3 is 1.57 bits per heavy atom. The minimum absolute atomic E-state index is 0.538. The Balaban J connectivity index is 2.26. The van der Waals surface area contributed by atoms with Gasteiger partial charge in [-0.1, -0.05) is 24.4 Å². The van der Waals surface area contributed by atoms with Crippen LogP contribution in [0.15, 0.2) is 37.4 Å². The molecule has 6 heteroatoms. The van der Waals surface area contributed by atoms with Gasteiger partial charge in [0.15, 0.2) is 0 Å². The molecule has 0 aromatic carbocycles. The van der Waals surface area contributed by atoms with Gasteiger partial charge in [-0.05, 0) is 0 Å². The van der Waals surface area contributed by atoms with Crippen LogP contribution in [-0.2, 0) is 0 Å². The fraction of sp³-hybridized carbons (Fsp3) is 0. The van der Waals surface area contributed by atoms with E-state index in [9.17, 15) is 0 Å². The minimum atomic E-state index is 0.538. The standard InChI is InChI=1S/C8H6N4S2/c13-7(11-3-1-9-5-11)8(14)12-4-2-10-6-12/h1-6H. The highest BCUT2D eigenvalue weighted by atomic mass is 32.1. The second-order valence-corrected chi connectivity index (χ2v) is 3.32. The van der Waals surface area contributed by atoms with Crippen molar-refractivity contribution in [3.05, 3.63) is 37.4 Å². The molecular weight excluding hydrogens is 216 g/mol. The largest absolute Gasteiger partial charge is 0.294 e. The third-order valence-corrected chi connectivity index (χ3v) is 2.60. The number of nitrogens with zero attached hydrogens (tertiary/aromatic N) is 4. The first-order chi connectivity index (χ1) is 6.79. The predicted molar refractivity (Wildman–Crippen MR) is 60.4 cm³/mol. The molecule has 0 aliphatic heterocycles. The Hall–Kier alpha value is -1.40. The monoisotopic (exact) mass is 222 g/mol. The second-order valence-electron chi connectivity index (χ2n) is 2.55. The summed E-state index contributed by atoms with van der Waals surface area (Å²) in [5, 5.41) is 0. The van der Waals surface area contributed by atoms with Crippen molar-refractivity contribution < 1.29 is 0 Å². The molecule has 4 nitrogen and oxygen atoms in total. The van der Waals surface area contributed by atoms with Gasteiger partial charge >= 0.3 is 0 Å². The van der Waals surface area contributed by atoms with Crippen LogP contribution in [-0.4, -0.2) is 29.1 Å². The Bertz CT molecular complexity index is 399.